The molecule has 0 saturated heterocycles. The molecule has 0 bridgehead atoms. The highest BCUT2D eigenvalue weighted by Gasteiger charge is 1.92. The van der Waals surface area contributed by atoms with Gasteiger partial charge in [-0.2, -0.15) is 0 Å². The summed E-state index contributed by atoms with van der Waals surface area (Å²) in [6, 6.07) is 7.13. The molecule has 6 heteroatoms. The van der Waals surface area contributed by atoms with Gasteiger partial charge in [-0.25, -0.2) is 0 Å². The lowest BCUT2D eigenvalue weighted by molar-refractivity contribution is 0.00223. The summed E-state index contributed by atoms with van der Waals surface area (Å²) < 4.78 is 21.2. The summed E-state index contributed by atoms with van der Waals surface area (Å²) in [5, 5.41) is 0. The van der Waals surface area contributed by atoms with Gasteiger partial charge in [-0.05, 0) is 12.1 Å². The van der Waals surface area contributed by atoms with Crippen LogP contribution in [0.25, 0.3) is 0 Å². The van der Waals surface area contributed by atoms with Gasteiger partial charge in [-0.15, -0.1) is 0 Å². The molecule has 1 aromatic carbocycles. The Kier molecular flexibility index (Phi) is 12.5. The summed E-state index contributed by atoms with van der Waals surface area (Å²) in [4.78, 5) is 10.7. The number of ether oxygens (including phenoxy) is 4. The van der Waals surface area contributed by atoms with Crippen molar-refractivity contribution < 1.29 is 23.7 Å². The van der Waals surface area contributed by atoms with Gasteiger partial charge in [0.1, 0.15) is 12.9 Å². The summed E-state index contributed by atoms with van der Waals surface area (Å²) in [6.45, 7) is 4.52. The van der Waals surface area contributed by atoms with Crippen molar-refractivity contribution in [3.05, 3.63) is 35.4 Å². The molecule has 0 fully saturated rings. The minimum atomic E-state index is 0.323. The van der Waals surface area contributed by atoms with Crippen molar-refractivity contribution in [1.82, 2.24) is 0 Å². The van der Waals surface area contributed by atoms with E-state index in [1.807, 2.05) is 6.07 Å². The zero-order chi connectivity index (χ0) is 17.3. The fraction of sp³-hybridized carbons (Fsp3) is 0.500. The SMILES string of the molecule is NCCOCCOCCOCCOCC#Cc1cccc(C=O)c1. The molecular formula is C18H25NO5. The summed E-state index contributed by atoms with van der Waals surface area (Å²) >= 11 is 0. The number of aldehydes is 1. The predicted octanol–water partition coefficient (Wildman–Crippen LogP) is 0.876. The van der Waals surface area contributed by atoms with Gasteiger partial charge in [0.25, 0.3) is 0 Å². The smallest absolute Gasteiger partial charge is 0.150 e. The third kappa shape index (κ3) is 10.9. The van der Waals surface area contributed by atoms with E-state index in [9.17, 15) is 4.79 Å². The first-order chi connectivity index (χ1) is 11.9. The van der Waals surface area contributed by atoms with Crippen LogP contribution in [-0.2, 0) is 18.9 Å². The number of carbonyl (C=O) groups is 1. The number of hydrogen-bond acceptors (Lipinski definition) is 6. The molecule has 1 aromatic rings. The first kappa shape index (κ1) is 20.3. The van der Waals surface area contributed by atoms with E-state index in [-0.39, 0.29) is 0 Å². The Bertz CT molecular complexity index is 510. The standard InChI is InChI=1S/C18H25NO5/c19-6-8-22-10-12-24-14-13-23-11-9-21-7-2-5-17-3-1-4-18(15-17)16-20/h1,3-4,15-16H,6-14,19H2. The van der Waals surface area contributed by atoms with E-state index in [4.69, 9.17) is 24.7 Å². The Labute approximate surface area is 143 Å². The van der Waals surface area contributed by atoms with Gasteiger partial charge >= 0.3 is 0 Å². The summed E-state index contributed by atoms with van der Waals surface area (Å²) in [7, 11) is 0. The van der Waals surface area contributed by atoms with Gasteiger partial charge in [0.05, 0.1) is 46.2 Å². The number of carbonyl (C=O) groups excluding carboxylic acids is 1. The maximum absolute atomic E-state index is 10.7. The topological polar surface area (TPSA) is 80.0 Å². The molecule has 0 spiro atoms. The zero-order valence-corrected chi connectivity index (χ0v) is 13.9. The fourth-order valence-electron chi connectivity index (χ4n) is 1.69. The van der Waals surface area contributed by atoms with Crippen LogP contribution in [0.2, 0.25) is 0 Å². The molecule has 24 heavy (non-hydrogen) atoms. The lowest BCUT2D eigenvalue weighted by atomic mass is 10.1. The van der Waals surface area contributed by atoms with E-state index in [1.165, 1.54) is 0 Å². The molecule has 0 amide bonds. The van der Waals surface area contributed by atoms with Crippen LogP contribution in [0, 0.1) is 11.8 Å². The maximum atomic E-state index is 10.7. The second kappa shape index (κ2) is 14.8. The lowest BCUT2D eigenvalue weighted by Crippen LogP contribution is -2.14. The molecule has 0 aliphatic rings. The quantitative estimate of drug-likeness (QED) is 0.327. The lowest BCUT2D eigenvalue weighted by Gasteiger charge is -2.06. The molecule has 0 aliphatic heterocycles. The average Bonchev–Trinajstić information content (AvgIpc) is 2.62. The van der Waals surface area contributed by atoms with Crippen molar-refractivity contribution in [2.75, 3.05) is 59.4 Å². The van der Waals surface area contributed by atoms with E-state index in [1.54, 1.807) is 18.2 Å². The second-order valence-electron chi connectivity index (χ2n) is 4.72. The van der Waals surface area contributed by atoms with Crippen molar-refractivity contribution in [3.63, 3.8) is 0 Å². The van der Waals surface area contributed by atoms with Gasteiger partial charge in [-0.1, -0.05) is 24.0 Å². The van der Waals surface area contributed by atoms with Crippen LogP contribution < -0.4 is 5.73 Å². The van der Waals surface area contributed by atoms with Crippen LogP contribution >= 0.6 is 0 Å². The maximum Gasteiger partial charge on any atom is 0.150 e. The van der Waals surface area contributed by atoms with Crippen molar-refractivity contribution in [2.24, 2.45) is 5.73 Å². The highest BCUT2D eigenvalue weighted by molar-refractivity contribution is 5.75. The summed E-state index contributed by atoms with van der Waals surface area (Å²) in [5.41, 5.74) is 6.70. The highest BCUT2D eigenvalue weighted by Crippen LogP contribution is 2.00. The Morgan fingerprint density at radius 3 is 2.17 bits per heavy atom. The van der Waals surface area contributed by atoms with Gasteiger partial charge in [-0.3, -0.25) is 4.79 Å². The minimum absolute atomic E-state index is 0.323. The molecule has 1 rings (SSSR count). The van der Waals surface area contributed by atoms with Crippen molar-refractivity contribution >= 4 is 6.29 Å². The molecule has 2 N–H and O–H groups in total. The third-order valence-electron chi connectivity index (χ3n) is 2.81. The highest BCUT2D eigenvalue weighted by atomic mass is 16.6. The summed E-state index contributed by atoms with van der Waals surface area (Å²) in [6.07, 6.45) is 0.802. The Morgan fingerprint density at radius 2 is 1.54 bits per heavy atom. The fourth-order valence-corrected chi connectivity index (χ4v) is 1.69. The van der Waals surface area contributed by atoms with Gasteiger partial charge < -0.3 is 24.7 Å². The molecule has 0 saturated carbocycles. The van der Waals surface area contributed by atoms with Crippen LogP contribution in [0.5, 0.6) is 0 Å². The molecular weight excluding hydrogens is 310 g/mol. The molecule has 0 heterocycles. The summed E-state index contributed by atoms with van der Waals surface area (Å²) in [5.74, 6) is 5.84. The predicted molar refractivity (Wildman–Crippen MR) is 91.0 cm³/mol. The number of hydrogen-bond donors (Lipinski definition) is 1. The number of nitrogens with two attached hydrogens (primary N) is 1. The van der Waals surface area contributed by atoms with Crippen LogP contribution in [0.3, 0.4) is 0 Å². The van der Waals surface area contributed by atoms with E-state index in [2.05, 4.69) is 11.8 Å². The van der Waals surface area contributed by atoms with Gasteiger partial charge in [0, 0.05) is 17.7 Å². The van der Waals surface area contributed by atoms with E-state index < -0.39 is 0 Å². The first-order valence-corrected chi connectivity index (χ1v) is 7.92. The van der Waals surface area contributed by atoms with Crippen LogP contribution in [-0.4, -0.2) is 65.7 Å². The molecule has 0 aromatic heterocycles. The van der Waals surface area contributed by atoms with E-state index in [0.717, 1.165) is 11.8 Å². The third-order valence-corrected chi connectivity index (χ3v) is 2.81. The van der Waals surface area contributed by atoms with E-state index in [0.29, 0.717) is 65.0 Å². The molecule has 0 aliphatic carbocycles. The average molecular weight is 335 g/mol. The van der Waals surface area contributed by atoms with Crippen LogP contribution in [0.1, 0.15) is 15.9 Å². The first-order valence-electron chi connectivity index (χ1n) is 7.92. The molecule has 0 atom stereocenters. The number of benzene rings is 1. The Balaban J connectivity index is 1.92. The molecule has 6 nitrogen and oxygen atoms in total. The van der Waals surface area contributed by atoms with Crippen LogP contribution in [0.15, 0.2) is 24.3 Å². The monoisotopic (exact) mass is 335 g/mol. The van der Waals surface area contributed by atoms with Crippen LogP contribution in [0.4, 0.5) is 0 Å². The molecule has 0 radical (unpaired) electrons. The Morgan fingerprint density at radius 1 is 0.917 bits per heavy atom. The molecule has 132 valence electrons. The van der Waals surface area contributed by atoms with Gasteiger partial charge in [0.2, 0.25) is 0 Å². The van der Waals surface area contributed by atoms with Crippen molar-refractivity contribution in [3.8, 4) is 11.8 Å². The number of rotatable bonds is 13. The normalized spacial score (nSPS) is 10.2. The van der Waals surface area contributed by atoms with Gasteiger partial charge in [0.15, 0.2) is 0 Å². The van der Waals surface area contributed by atoms with Crippen molar-refractivity contribution in [1.29, 1.82) is 0 Å². The second-order valence-corrected chi connectivity index (χ2v) is 4.72. The largest absolute Gasteiger partial charge is 0.378 e. The minimum Gasteiger partial charge on any atom is -0.378 e. The van der Waals surface area contributed by atoms with E-state index >= 15 is 0 Å². The Hall–Kier alpha value is -1.75. The molecule has 0 unspecified atom stereocenters. The van der Waals surface area contributed by atoms with Crippen molar-refractivity contribution in [2.45, 2.75) is 0 Å². The zero-order valence-electron chi connectivity index (χ0n) is 13.9.